The summed E-state index contributed by atoms with van der Waals surface area (Å²) in [6.07, 6.45) is 1.38. The van der Waals surface area contributed by atoms with Gasteiger partial charge in [0.05, 0.1) is 0 Å². The highest BCUT2D eigenvalue weighted by Crippen LogP contribution is 2.12. The van der Waals surface area contributed by atoms with Crippen LogP contribution < -0.4 is 0 Å². The highest BCUT2D eigenvalue weighted by Gasteiger charge is 2.14. The highest BCUT2D eigenvalue weighted by atomic mass is 32.2. The van der Waals surface area contributed by atoms with Crippen molar-refractivity contribution in [3.8, 4) is 0 Å². The number of thiazole rings is 1. The zero-order valence-electron chi connectivity index (χ0n) is 4.89. The molecule has 1 aromatic heterocycles. The van der Waals surface area contributed by atoms with Crippen molar-refractivity contribution in [1.29, 1.82) is 0 Å². The molecule has 0 aromatic carbocycles. The SMILES string of the molecule is O=S(=O)(CO)c1nccs1. The molecular weight excluding hydrogens is 174 g/mol. The van der Waals surface area contributed by atoms with Gasteiger partial charge >= 0.3 is 0 Å². The van der Waals surface area contributed by atoms with Gasteiger partial charge in [0.1, 0.15) is 0 Å². The molecule has 4 nitrogen and oxygen atoms in total. The Balaban J connectivity index is 3.09. The van der Waals surface area contributed by atoms with E-state index in [-0.39, 0.29) is 4.34 Å². The Bertz CT molecular complexity index is 288. The second kappa shape index (κ2) is 2.65. The average Bonchev–Trinajstić information content (AvgIpc) is 2.38. The summed E-state index contributed by atoms with van der Waals surface area (Å²) in [5.41, 5.74) is 0. The largest absolute Gasteiger partial charge is 0.380 e. The molecule has 0 saturated heterocycles. The summed E-state index contributed by atoms with van der Waals surface area (Å²) in [4.78, 5) is 3.53. The van der Waals surface area contributed by atoms with E-state index in [1.807, 2.05) is 0 Å². The number of hydrogen-bond donors (Lipinski definition) is 1. The summed E-state index contributed by atoms with van der Waals surface area (Å²) >= 11 is 0.995. The van der Waals surface area contributed by atoms with E-state index < -0.39 is 15.8 Å². The molecule has 0 aliphatic carbocycles. The second-order valence-electron chi connectivity index (χ2n) is 1.54. The van der Waals surface area contributed by atoms with Crippen LogP contribution in [0.15, 0.2) is 15.9 Å². The fourth-order valence-electron chi connectivity index (χ4n) is 0.419. The van der Waals surface area contributed by atoms with Crippen LogP contribution in [-0.4, -0.2) is 24.4 Å². The molecule has 0 amide bonds. The number of rotatable bonds is 2. The molecule has 0 fully saturated rings. The summed E-state index contributed by atoms with van der Waals surface area (Å²) in [7, 11) is -3.49. The van der Waals surface area contributed by atoms with Crippen molar-refractivity contribution in [3.63, 3.8) is 0 Å². The smallest absolute Gasteiger partial charge is 0.228 e. The van der Waals surface area contributed by atoms with Gasteiger partial charge in [-0.3, -0.25) is 0 Å². The van der Waals surface area contributed by atoms with Crippen molar-refractivity contribution in [2.45, 2.75) is 4.34 Å². The van der Waals surface area contributed by atoms with Crippen LogP contribution in [-0.2, 0) is 9.84 Å². The fraction of sp³-hybridized carbons (Fsp3) is 0.250. The van der Waals surface area contributed by atoms with Crippen molar-refractivity contribution < 1.29 is 13.5 Å². The minimum absolute atomic E-state index is 0.0324. The molecule has 1 heterocycles. The molecule has 0 spiro atoms. The molecule has 1 aromatic rings. The van der Waals surface area contributed by atoms with Crippen molar-refractivity contribution in [3.05, 3.63) is 11.6 Å². The van der Waals surface area contributed by atoms with Crippen molar-refractivity contribution in [2.24, 2.45) is 0 Å². The molecule has 1 N–H and O–H groups in total. The van der Waals surface area contributed by atoms with Crippen LogP contribution in [0.3, 0.4) is 0 Å². The fourth-order valence-corrected chi connectivity index (χ4v) is 2.02. The van der Waals surface area contributed by atoms with Crippen LogP contribution in [0, 0.1) is 0 Å². The number of aliphatic hydroxyl groups is 1. The summed E-state index contributed by atoms with van der Waals surface area (Å²) in [6, 6.07) is 0. The Morgan fingerprint density at radius 1 is 1.70 bits per heavy atom. The lowest BCUT2D eigenvalue weighted by atomic mass is 11.0. The molecular formula is C4H5NO3S2. The van der Waals surface area contributed by atoms with Gasteiger partial charge in [-0.1, -0.05) is 0 Å². The first-order valence-electron chi connectivity index (χ1n) is 2.40. The Morgan fingerprint density at radius 3 is 2.80 bits per heavy atom. The van der Waals surface area contributed by atoms with Crippen molar-refractivity contribution >= 4 is 21.2 Å². The van der Waals surface area contributed by atoms with E-state index in [2.05, 4.69) is 4.98 Å². The average molecular weight is 179 g/mol. The van der Waals surface area contributed by atoms with Gasteiger partial charge in [0.2, 0.25) is 14.2 Å². The third-order valence-corrected chi connectivity index (χ3v) is 3.44. The summed E-state index contributed by atoms with van der Waals surface area (Å²) in [5, 5.41) is 9.89. The minimum Gasteiger partial charge on any atom is -0.380 e. The molecule has 0 atom stereocenters. The van der Waals surface area contributed by atoms with E-state index in [0.717, 1.165) is 11.3 Å². The van der Waals surface area contributed by atoms with Crippen LogP contribution in [0.2, 0.25) is 0 Å². The summed E-state index contributed by atoms with van der Waals surface area (Å²) in [6.45, 7) is 0. The maximum atomic E-state index is 10.8. The third-order valence-electron chi connectivity index (χ3n) is 0.846. The van der Waals surface area contributed by atoms with Crippen molar-refractivity contribution in [2.75, 3.05) is 5.94 Å². The third kappa shape index (κ3) is 1.34. The molecule has 6 heteroatoms. The second-order valence-corrected chi connectivity index (χ2v) is 4.57. The predicted octanol–water partition coefficient (Wildman–Crippen LogP) is -0.133. The van der Waals surface area contributed by atoms with Crippen LogP contribution in [0.4, 0.5) is 0 Å². The summed E-state index contributed by atoms with van der Waals surface area (Å²) in [5.74, 6) is -0.874. The minimum atomic E-state index is -3.49. The van der Waals surface area contributed by atoms with Gasteiger partial charge in [-0.2, -0.15) is 0 Å². The molecule has 10 heavy (non-hydrogen) atoms. The van der Waals surface area contributed by atoms with E-state index >= 15 is 0 Å². The number of nitrogens with zero attached hydrogens (tertiary/aromatic N) is 1. The standard InChI is InChI=1S/C4H5NO3S2/c6-3-10(7,8)4-5-1-2-9-4/h1-2,6H,3H2. The number of aliphatic hydroxyl groups excluding tert-OH is 1. The highest BCUT2D eigenvalue weighted by molar-refractivity contribution is 7.93. The lowest BCUT2D eigenvalue weighted by Gasteiger charge is -1.90. The maximum Gasteiger partial charge on any atom is 0.228 e. The quantitative estimate of drug-likeness (QED) is 0.686. The number of hydrogen-bond acceptors (Lipinski definition) is 5. The molecule has 56 valence electrons. The molecule has 0 bridgehead atoms. The van der Waals surface area contributed by atoms with Crippen LogP contribution in [0.25, 0.3) is 0 Å². The van der Waals surface area contributed by atoms with E-state index in [1.165, 1.54) is 6.20 Å². The van der Waals surface area contributed by atoms with E-state index in [1.54, 1.807) is 5.38 Å². The van der Waals surface area contributed by atoms with Crippen molar-refractivity contribution in [1.82, 2.24) is 4.98 Å². The molecule has 0 aliphatic heterocycles. The Morgan fingerprint density at radius 2 is 2.40 bits per heavy atom. The van der Waals surface area contributed by atoms with Crippen LogP contribution >= 0.6 is 11.3 Å². The lowest BCUT2D eigenvalue weighted by molar-refractivity contribution is 0.358. The Labute approximate surface area is 62.1 Å². The van der Waals surface area contributed by atoms with Gasteiger partial charge in [0.25, 0.3) is 0 Å². The monoisotopic (exact) mass is 179 g/mol. The predicted molar refractivity (Wildman–Crippen MR) is 36.4 cm³/mol. The number of aromatic nitrogens is 1. The van der Waals surface area contributed by atoms with Gasteiger partial charge in [0.15, 0.2) is 5.94 Å². The van der Waals surface area contributed by atoms with Gasteiger partial charge in [-0.05, 0) is 0 Å². The van der Waals surface area contributed by atoms with Crippen LogP contribution in [0.5, 0.6) is 0 Å². The first kappa shape index (κ1) is 7.64. The molecule has 0 aliphatic rings. The molecule has 0 radical (unpaired) electrons. The molecule has 0 unspecified atom stereocenters. The normalized spacial score (nSPS) is 11.7. The van der Waals surface area contributed by atoms with E-state index in [4.69, 9.17) is 5.11 Å². The summed E-state index contributed by atoms with van der Waals surface area (Å²) < 4.78 is 21.5. The van der Waals surface area contributed by atoms with E-state index in [0.29, 0.717) is 0 Å². The first-order chi connectivity index (χ1) is 4.67. The first-order valence-corrected chi connectivity index (χ1v) is 4.93. The van der Waals surface area contributed by atoms with Gasteiger partial charge in [-0.25, -0.2) is 13.4 Å². The molecule has 0 saturated carbocycles. The Hall–Kier alpha value is -0.460. The van der Waals surface area contributed by atoms with Crippen LogP contribution in [0.1, 0.15) is 0 Å². The Kier molecular flexibility index (Phi) is 2.02. The zero-order chi connectivity index (χ0) is 7.61. The maximum absolute atomic E-state index is 10.8. The van der Waals surface area contributed by atoms with Gasteiger partial charge in [-0.15, -0.1) is 11.3 Å². The lowest BCUT2D eigenvalue weighted by Crippen LogP contribution is -2.04. The van der Waals surface area contributed by atoms with E-state index in [9.17, 15) is 8.42 Å². The molecule has 1 rings (SSSR count). The van der Waals surface area contributed by atoms with Gasteiger partial charge in [0, 0.05) is 11.6 Å². The van der Waals surface area contributed by atoms with Gasteiger partial charge < -0.3 is 5.11 Å². The number of sulfone groups is 1. The zero-order valence-corrected chi connectivity index (χ0v) is 6.52. The topological polar surface area (TPSA) is 67.3 Å².